The maximum atomic E-state index is 5.64. The van der Waals surface area contributed by atoms with Gasteiger partial charge in [-0.05, 0) is 19.2 Å². The quantitative estimate of drug-likeness (QED) is 0.891. The summed E-state index contributed by atoms with van der Waals surface area (Å²) in [4.78, 5) is 7.40. The number of nitrogens with two attached hydrogens (primary N) is 1. The number of halogens is 1. The summed E-state index contributed by atoms with van der Waals surface area (Å²) in [6.45, 7) is 2.40. The zero-order valence-corrected chi connectivity index (χ0v) is 12.4. The highest BCUT2D eigenvalue weighted by Gasteiger charge is 2.03. The van der Waals surface area contributed by atoms with Crippen molar-refractivity contribution in [2.45, 2.75) is 6.54 Å². The molecule has 1 heterocycles. The fourth-order valence-electron chi connectivity index (χ4n) is 1.58. The molecule has 0 spiro atoms. The number of rotatable bonds is 6. The normalized spacial score (nSPS) is 10.2. The van der Waals surface area contributed by atoms with E-state index in [1.807, 2.05) is 36.5 Å². The summed E-state index contributed by atoms with van der Waals surface area (Å²) in [5.41, 5.74) is 5.59. The van der Waals surface area contributed by atoms with Crippen LogP contribution in [0.1, 0.15) is 4.88 Å². The molecule has 0 bridgehead atoms. The molecule has 0 amide bonds. The molecule has 19 heavy (non-hydrogen) atoms. The molecule has 0 saturated heterocycles. The molecule has 2 rings (SSSR count). The van der Waals surface area contributed by atoms with Gasteiger partial charge < -0.3 is 10.5 Å². The minimum absolute atomic E-state index is 0. The molecule has 0 saturated carbocycles. The minimum Gasteiger partial charge on any atom is -0.492 e. The number of benzene rings is 1. The maximum Gasteiger partial charge on any atom is 0.180 e. The Hall–Kier alpha value is -1.30. The first kappa shape index (κ1) is 15.8. The summed E-state index contributed by atoms with van der Waals surface area (Å²) in [5, 5.41) is 0.624. The SMILES string of the molecule is CN(CCOc1ccccc1)Cc1cnc(N)s1.Cl. The molecule has 0 aliphatic carbocycles. The van der Waals surface area contributed by atoms with Crippen LogP contribution in [-0.4, -0.2) is 30.1 Å². The Balaban J connectivity index is 0.00000180. The number of nitrogen functional groups attached to an aromatic ring is 1. The van der Waals surface area contributed by atoms with Gasteiger partial charge in [-0.1, -0.05) is 18.2 Å². The van der Waals surface area contributed by atoms with Crippen molar-refractivity contribution >= 4 is 28.9 Å². The van der Waals surface area contributed by atoms with Crippen LogP contribution in [0.5, 0.6) is 5.75 Å². The predicted molar refractivity (Wildman–Crippen MR) is 82.0 cm³/mol. The highest BCUT2D eigenvalue weighted by atomic mass is 35.5. The molecule has 0 aliphatic heterocycles. The van der Waals surface area contributed by atoms with Crippen molar-refractivity contribution < 1.29 is 4.74 Å². The Morgan fingerprint density at radius 1 is 1.32 bits per heavy atom. The molecule has 2 N–H and O–H groups in total. The molecule has 0 unspecified atom stereocenters. The number of ether oxygens (including phenoxy) is 1. The zero-order chi connectivity index (χ0) is 12.8. The van der Waals surface area contributed by atoms with E-state index >= 15 is 0 Å². The van der Waals surface area contributed by atoms with Crippen molar-refractivity contribution in [1.82, 2.24) is 9.88 Å². The average Bonchev–Trinajstić information content (AvgIpc) is 2.76. The van der Waals surface area contributed by atoms with Crippen LogP contribution in [0.2, 0.25) is 0 Å². The molecule has 0 fully saturated rings. The lowest BCUT2D eigenvalue weighted by Gasteiger charge is -2.15. The highest BCUT2D eigenvalue weighted by molar-refractivity contribution is 7.15. The molecule has 104 valence electrons. The second kappa shape index (κ2) is 7.99. The van der Waals surface area contributed by atoms with Crippen molar-refractivity contribution in [3.63, 3.8) is 0 Å². The monoisotopic (exact) mass is 299 g/mol. The van der Waals surface area contributed by atoms with Gasteiger partial charge in [0.15, 0.2) is 5.13 Å². The van der Waals surface area contributed by atoms with E-state index in [2.05, 4.69) is 16.9 Å². The van der Waals surface area contributed by atoms with E-state index in [1.165, 1.54) is 16.2 Å². The number of likely N-dealkylation sites (N-methyl/N-ethyl adjacent to an activating group) is 1. The Kier molecular flexibility index (Phi) is 6.62. The second-order valence-corrected chi connectivity index (χ2v) is 5.21. The summed E-state index contributed by atoms with van der Waals surface area (Å²) in [5.74, 6) is 0.910. The van der Waals surface area contributed by atoms with E-state index in [4.69, 9.17) is 10.5 Å². The summed E-state index contributed by atoms with van der Waals surface area (Å²) >= 11 is 1.53. The predicted octanol–water partition coefficient (Wildman–Crippen LogP) is 2.66. The Morgan fingerprint density at radius 3 is 2.68 bits per heavy atom. The van der Waals surface area contributed by atoms with Gasteiger partial charge >= 0.3 is 0 Å². The molecule has 6 heteroatoms. The van der Waals surface area contributed by atoms with Crippen LogP contribution in [-0.2, 0) is 6.54 Å². The molecule has 0 atom stereocenters. The fourth-order valence-corrected chi connectivity index (χ4v) is 2.34. The van der Waals surface area contributed by atoms with Crippen molar-refractivity contribution in [2.75, 3.05) is 25.9 Å². The number of anilines is 1. The average molecular weight is 300 g/mol. The van der Waals surface area contributed by atoms with Crippen molar-refractivity contribution in [3.05, 3.63) is 41.4 Å². The van der Waals surface area contributed by atoms with Crippen LogP contribution in [0.25, 0.3) is 0 Å². The first-order chi connectivity index (χ1) is 8.74. The molecule has 0 aliphatic rings. The van der Waals surface area contributed by atoms with Crippen LogP contribution in [0, 0.1) is 0 Å². The van der Waals surface area contributed by atoms with E-state index < -0.39 is 0 Å². The molecule has 2 aromatic rings. The zero-order valence-electron chi connectivity index (χ0n) is 10.8. The number of para-hydroxylation sites is 1. The van der Waals surface area contributed by atoms with Gasteiger partial charge in [0, 0.05) is 24.2 Å². The second-order valence-electron chi connectivity index (χ2n) is 4.06. The summed E-state index contributed by atoms with van der Waals surface area (Å²) in [6, 6.07) is 9.85. The molecular formula is C13H18ClN3OS. The summed E-state index contributed by atoms with van der Waals surface area (Å²) < 4.78 is 5.64. The summed E-state index contributed by atoms with van der Waals surface area (Å²) in [7, 11) is 2.06. The van der Waals surface area contributed by atoms with Crippen molar-refractivity contribution in [1.29, 1.82) is 0 Å². The summed E-state index contributed by atoms with van der Waals surface area (Å²) in [6.07, 6.45) is 1.83. The van der Waals surface area contributed by atoms with Crippen LogP contribution < -0.4 is 10.5 Å². The molecule has 4 nitrogen and oxygen atoms in total. The van der Waals surface area contributed by atoms with E-state index in [-0.39, 0.29) is 12.4 Å². The van der Waals surface area contributed by atoms with Gasteiger partial charge in [0.05, 0.1) is 0 Å². The van der Waals surface area contributed by atoms with Gasteiger partial charge in [-0.2, -0.15) is 0 Å². The van der Waals surface area contributed by atoms with Crippen molar-refractivity contribution in [3.8, 4) is 5.75 Å². The van der Waals surface area contributed by atoms with Gasteiger partial charge in [0.1, 0.15) is 12.4 Å². The van der Waals surface area contributed by atoms with E-state index in [9.17, 15) is 0 Å². The van der Waals surface area contributed by atoms with Gasteiger partial charge in [-0.3, -0.25) is 4.90 Å². The number of thiazole rings is 1. The van der Waals surface area contributed by atoms with Crippen molar-refractivity contribution in [2.24, 2.45) is 0 Å². The first-order valence-corrected chi connectivity index (χ1v) is 6.62. The number of hydrogen-bond acceptors (Lipinski definition) is 5. The Labute approximate surface area is 123 Å². The Morgan fingerprint density at radius 2 is 2.05 bits per heavy atom. The number of hydrogen-bond donors (Lipinski definition) is 1. The van der Waals surface area contributed by atoms with Gasteiger partial charge in [0.2, 0.25) is 0 Å². The fraction of sp³-hybridized carbons (Fsp3) is 0.308. The molecule has 1 aromatic carbocycles. The van der Waals surface area contributed by atoms with E-state index in [1.54, 1.807) is 0 Å². The lowest BCUT2D eigenvalue weighted by atomic mass is 10.3. The number of nitrogens with zero attached hydrogens (tertiary/aromatic N) is 2. The van der Waals surface area contributed by atoms with Gasteiger partial charge in [-0.25, -0.2) is 4.98 Å². The smallest absolute Gasteiger partial charge is 0.180 e. The third-order valence-corrected chi connectivity index (χ3v) is 3.29. The minimum atomic E-state index is 0. The standard InChI is InChI=1S/C13H17N3OS.ClH/c1-16(10-12-9-15-13(14)18-12)7-8-17-11-5-3-2-4-6-11;/h2-6,9H,7-8,10H2,1H3,(H2,14,15);1H. The highest BCUT2D eigenvalue weighted by Crippen LogP contribution is 2.15. The molecule has 1 aromatic heterocycles. The van der Waals surface area contributed by atoms with Crippen LogP contribution >= 0.6 is 23.7 Å². The largest absolute Gasteiger partial charge is 0.492 e. The maximum absolute atomic E-state index is 5.64. The molecule has 0 radical (unpaired) electrons. The van der Waals surface area contributed by atoms with Gasteiger partial charge in [0.25, 0.3) is 0 Å². The van der Waals surface area contributed by atoms with Crippen LogP contribution in [0.4, 0.5) is 5.13 Å². The Bertz CT molecular complexity index is 478. The lowest BCUT2D eigenvalue weighted by molar-refractivity contribution is 0.234. The number of aromatic nitrogens is 1. The molecular weight excluding hydrogens is 282 g/mol. The van der Waals surface area contributed by atoms with Gasteiger partial charge in [-0.15, -0.1) is 23.7 Å². The third-order valence-electron chi connectivity index (χ3n) is 2.48. The first-order valence-electron chi connectivity index (χ1n) is 5.80. The van der Waals surface area contributed by atoms with E-state index in [0.717, 1.165) is 18.8 Å². The topological polar surface area (TPSA) is 51.4 Å². The third kappa shape index (κ3) is 5.46. The van der Waals surface area contributed by atoms with Crippen LogP contribution in [0.15, 0.2) is 36.5 Å². The van der Waals surface area contributed by atoms with Crippen LogP contribution in [0.3, 0.4) is 0 Å². The lowest BCUT2D eigenvalue weighted by Crippen LogP contribution is -2.23. The van der Waals surface area contributed by atoms with E-state index in [0.29, 0.717) is 11.7 Å².